The summed E-state index contributed by atoms with van der Waals surface area (Å²) in [4.78, 5) is 15.5. The van der Waals surface area contributed by atoms with Crippen LogP contribution in [0.5, 0.6) is 5.75 Å². The standard InChI is InChI=1S/C26H37FN6O2/c1-3-33-14-18(13-28-33)25-20-12-17(9-10-23(20)30-31-25)26(34)29-19-6-5-11-32(15-19)16-21-22(27)7-4-8-24(21)35-2/h4,7-8,13-14,17,19-20,23,25,30-31H,3,5-6,9-12,15-16H2,1-2H3,(H,29,34)/t17?,19-,20?,23?,25?/m1/s1. The number of nitrogens with one attached hydrogen (secondary N) is 3. The van der Waals surface area contributed by atoms with Gasteiger partial charge in [-0.25, -0.2) is 9.82 Å². The molecule has 1 aromatic carbocycles. The van der Waals surface area contributed by atoms with Crippen LogP contribution in [0.3, 0.4) is 0 Å². The highest BCUT2D eigenvalue weighted by atomic mass is 19.1. The van der Waals surface area contributed by atoms with E-state index in [0.717, 1.165) is 51.7 Å². The van der Waals surface area contributed by atoms with E-state index in [9.17, 15) is 9.18 Å². The smallest absolute Gasteiger partial charge is 0.223 e. The molecule has 2 saturated heterocycles. The first-order chi connectivity index (χ1) is 17.1. The molecule has 5 atom stereocenters. The van der Waals surface area contributed by atoms with Crippen LogP contribution in [0.15, 0.2) is 30.6 Å². The van der Waals surface area contributed by atoms with Gasteiger partial charge in [0.1, 0.15) is 11.6 Å². The van der Waals surface area contributed by atoms with E-state index in [4.69, 9.17) is 4.74 Å². The molecule has 8 nitrogen and oxygen atoms in total. The van der Waals surface area contributed by atoms with Crippen molar-refractivity contribution in [1.29, 1.82) is 0 Å². The number of halogens is 1. The Labute approximate surface area is 206 Å². The number of aryl methyl sites for hydroxylation is 1. The van der Waals surface area contributed by atoms with E-state index in [-0.39, 0.29) is 29.7 Å². The topological polar surface area (TPSA) is 83.5 Å². The summed E-state index contributed by atoms with van der Waals surface area (Å²) in [7, 11) is 1.57. The molecule has 1 aliphatic carbocycles. The van der Waals surface area contributed by atoms with Crippen LogP contribution in [0.25, 0.3) is 0 Å². The Hall–Kier alpha value is -2.49. The molecule has 0 bridgehead atoms. The third-order valence-electron chi connectivity index (χ3n) is 7.99. The van der Waals surface area contributed by atoms with Gasteiger partial charge in [0.05, 0.1) is 19.3 Å². The highest BCUT2D eigenvalue weighted by Crippen LogP contribution is 2.40. The average Bonchev–Trinajstić information content (AvgIpc) is 3.52. The van der Waals surface area contributed by atoms with E-state index in [1.807, 2.05) is 10.9 Å². The summed E-state index contributed by atoms with van der Waals surface area (Å²) >= 11 is 0. The Kier molecular flexibility index (Phi) is 7.36. The van der Waals surface area contributed by atoms with Crippen molar-refractivity contribution in [2.45, 2.75) is 70.2 Å². The van der Waals surface area contributed by atoms with E-state index >= 15 is 0 Å². The maximum Gasteiger partial charge on any atom is 0.223 e. The van der Waals surface area contributed by atoms with Crippen LogP contribution in [0.2, 0.25) is 0 Å². The number of carbonyl (C=O) groups is 1. The first-order valence-corrected chi connectivity index (χ1v) is 12.9. The minimum absolute atomic E-state index is 0.0173. The lowest BCUT2D eigenvalue weighted by Gasteiger charge is -2.36. The summed E-state index contributed by atoms with van der Waals surface area (Å²) in [5.41, 5.74) is 8.67. The Morgan fingerprint density at radius 3 is 2.97 bits per heavy atom. The van der Waals surface area contributed by atoms with Crippen molar-refractivity contribution in [3.63, 3.8) is 0 Å². The second-order valence-electron chi connectivity index (χ2n) is 10.2. The largest absolute Gasteiger partial charge is 0.496 e. The number of aromatic nitrogens is 2. The second kappa shape index (κ2) is 10.6. The highest BCUT2D eigenvalue weighted by Gasteiger charge is 2.43. The molecule has 190 valence electrons. The van der Waals surface area contributed by atoms with Crippen molar-refractivity contribution in [3.05, 3.63) is 47.5 Å². The van der Waals surface area contributed by atoms with Crippen molar-refractivity contribution in [2.75, 3.05) is 20.2 Å². The number of piperidine rings is 1. The molecule has 3 aliphatic rings. The number of fused-ring (bicyclic) bond motifs is 1. The van der Waals surface area contributed by atoms with Crippen LogP contribution in [0.4, 0.5) is 4.39 Å². The Balaban J connectivity index is 1.18. The summed E-state index contributed by atoms with van der Waals surface area (Å²) in [6.45, 7) is 5.03. The summed E-state index contributed by atoms with van der Waals surface area (Å²) in [6.07, 6.45) is 8.72. The molecular weight excluding hydrogens is 447 g/mol. The molecule has 1 saturated carbocycles. The van der Waals surface area contributed by atoms with Crippen molar-refractivity contribution in [2.24, 2.45) is 11.8 Å². The normalized spacial score (nSPS) is 29.1. The summed E-state index contributed by atoms with van der Waals surface area (Å²) in [5, 5.41) is 7.77. The van der Waals surface area contributed by atoms with Crippen LogP contribution in [-0.2, 0) is 17.9 Å². The number of ether oxygens (including phenoxy) is 1. The lowest BCUT2D eigenvalue weighted by Crippen LogP contribution is -2.50. The average molecular weight is 485 g/mol. The molecule has 4 unspecified atom stereocenters. The number of likely N-dealkylation sites (tertiary alicyclic amines) is 1. The third-order valence-corrected chi connectivity index (χ3v) is 7.99. The molecule has 1 amide bonds. The SMILES string of the molecule is CCn1cc(C2NNC3CCC(C(=O)N[C@@H]4CCCN(Cc5c(F)cccc5OC)C4)CC32)cn1. The Morgan fingerprint density at radius 1 is 1.29 bits per heavy atom. The van der Waals surface area contributed by atoms with E-state index in [1.54, 1.807) is 19.2 Å². The van der Waals surface area contributed by atoms with Gasteiger partial charge < -0.3 is 10.1 Å². The molecule has 5 rings (SSSR count). The number of hydrogen-bond donors (Lipinski definition) is 3. The quantitative estimate of drug-likeness (QED) is 0.561. The van der Waals surface area contributed by atoms with Gasteiger partial charge in [-0.15, -0.1) is 0 Å². The second-order valence-corrected chi connectivity index (χ2v) is 10.2. The lowest BCUT2D eigenvalue weighted by molar-refractivity contribution is -0.127. The fraction of sp³-hybridized carbons (Fsp3) is 0.615. The predicted octanol–water partition coefficient (Wildman–Crippen LogP) is 2.77. The number of benzene rings is 1. The Bertz CT molecular complexity index is 1030. The molecule has 9 heteroatoms. The van der Waals surface area contributed by atoms with E-state index in [0.29, 0.717) is 29.8 Å². The van der Waals surface area contributed by atoms with Gasteiger partial charge in [0, 0.05) is 55.0 Å². The zero-order chi connectivity index (χ0) is 24.4. The summed E-state index contributed by atoms with van der Waals surface area (Å²) in [5.74, 6) is 0.874. The van der Waals surface area contributed by atoms with Gasteiger partial charge >= 0.3 is 0 Å². The van der Waals surface area contributed by atoms with Gasteiger partial charge in [0.15, 0.2) is 0 Å². The zero-order valence-corrected chi connectivity index (χ0v) is 20.7. The van der Waals surface area contributed by atoms with Gasteiger partial charge in [0.25, 0.3) is 0 Å². The maximum atomic E-state index is 14.4. The minimum Gasteiger partial charge on any atom is -0.496 e. The minimum atomic E-state index is -0.245. The number of nitrogens with zero attached hydrogens (tertiary/aromatic N) is 3. The van der Waals surface area contributed by atoms with Crippen LogP contribution in [-0.4, -0.2) is 52.9 Å². The number of hydrazine groups is 1. The highest BCUT2D eigenvalue weighted by molar-refractivity contribution is 5.79. The molecule has 2 aromatic rings. The molecule has 1 aromatic heterocycles. The number of amides is 1. The number of rotatable bonds is 7. The van der Waals surface area contributed by atoms with Crippen molar-refractivity contribution >= 4 is 5.91 Å². The van der Waals surface area contributed by atoms with Crippen LogP contribution >= 0.6 is 0 Å². The molecule has 3 fully saturated rings. The van der Waals surface area contributed by atoms with Crippen molar-refractivity contribution < 1.29 is 13.9 Å². The first-order valence-electron chi connectivity index (χ1n) is 12.9. The molecule has 3 N–H and O–H groups in total. The van der Waals surface area contributed by atoms with E-state index < -0.39 is 0 Å². The van der Waals surface area contributed by atoms with Crippen molar-refractivity contribution in [1.82, 2.24) is 30.8 Å². The molecule has 2 aliphatic heterocycles. The third kappa shape index (κ3) is 5.22. The van der Waals surface area contributed by atoms with Crippen LogP contribution in [0.1, 0.15) is 56.2 Å². The Morgan fingerprint density at radius 2 is 2.17 bits per heavy atom. The van der Waals surface area contributed by atoms with E-state index in [2.05, 4.69) is 39.3 Å². The molecule has 0 radical (unpaired) electrons. The monoisotopic (exact) mass is 484 g/mol. The van der Waals surface area contributed by atoms with Crippen LogP contribution < -0.4 is 20.9 Å². The summed E-state index contributed by atoms with van der Waals surface area (Å²) < 4.78 is 21.7. The molecule has 0 spiro atoms. The first kappa shape index (κ1) is 24.2. The van der Waals surface area contributed by atoms with Gasteiger partial charge in [-0.3, -0.25) is 19.8 Å². The maximum absolute atomic E-state index is 14.4. The summed E-state index contributed by atoms with van der Waals surface area (Å²) in [6, 6.07) is 5.59. The number of methoxy groups -OCH3 is 1. The fourth-order valence-corrected chi connectivity index (χ4v) is 6.08. The van der Waals surface area contributed by atoms with Gasteiger partial charge in [-0.1, -0.05) is 6.07 Å². The lowest BCUT2D eigenvalue weighted by atomic mass is 9.74. The number of carbonyl (C=O) groups excluding carboxylic acids is 1. The van der Waals surface area contributed by atoms with Crippen molar-refractivity contribution in [3.8, 4) is 5.75 Å². The van der Waals surface area contributed by atoms with Gasteiger partial charge in [-0.05, 0) is 63.6 Å². The zero-order valence-electron chi connectivity index (χ0n) is 20.7. The fourth-order valence-electron chi connectivity index (χ4n) is 6.08. The molecule has 3 heterocycles. The van der Waals surface area contributed by atoms with Gasteiger partial charge in [-0.2, -0.15) is 5.10 Å². The molecular formula is C26H37FN6O2. The van der Waals surface area contributed by atoms with E-state index in [1.165, 1.54) is 11.6 Å². The number of hydrogen-bond acceptors (Lipinski definition) is 6. The van der Waals surface area contributed by atoms with Crippen LogP contribution in [0, 0.1) is 17.7 Å². The molecule has 35 heavy (non-hydrogen) atoms. The predicted molar refractivity (Wildman–Crippen MR) is 131 cm³/mol. The van der Waals surface area contributed by atoms with Gasteiger partial charge in [0.2, 0.25) is 5.91 Å².